The van der Waals surface area contributed by atoms with Crippen molar-refractivity contribution in [1.29, 1.82) is 0 Å². The van der Waals surface area contributed by atoms with Crippen LogP contribution in [0.15, 0.2) is 12.1 Å². The molecule has 0 fully saturated rings. The van der Waals surface area contributed by atoms with Crippen LogP contribution >= 0.6 is 0 Å². The molecule has 1 aromatic carbocycles. The number of imidazole rings is 1. The van der Waals surface area contributed by atoms with Crippen molar-refractivity contribution in [3.63, 3.8) is 0 Å². The Hall–Kier alpha value is -1.69. The minimum absolute atomic E-state index is 0.0219. The van der Waals surface area contributed by atoms with E-state index in [0.717, 1.165) is 19.0 Å². The predicted molar refractivity (Wildman–Crippen MR) is 71.9 cm³/mol. The quantitative estimate of drug-likeness (QED) is 0.926. The monoisotopic (exact) mass is 268 g/mol. The van der Waals surface area contributed by atoms with E-state index in [2.05, 4.69) is 4.98 Å². The second-order valence-electron chi connectivity index (χ2n) is 5.04. The number of benzene rings is 1. The summed E-state index contributed by atoms with van der Waals surface area (Å²) >= 11 is 0. The number of nitrogens with zero attached hydrogens (tertiary/aromatic N) is 3. The van der Waals surface area contributed by atoms with Gasteiger partial charge in [-0.15, -0.1) is 0 Å². The van der Waals surface area contributed by atoms with Crippen LogP contribution in [-0.4, -0.2) is 35.1 Å². The Morgan fingerprint density at radius 3 is 2.68 bits per heavy atom. The van der Waals surface area contributed by atoms with Crippen molar-refractivity contribution in [2.45, 2.75) is 19.4 Å². The number of fused-ring (bicyclic) bond motifs is 1. The lowest BCUT2D eigenvalue weighted by Gasteiger charge is -2.18. The van der Waals surface area contributed by atoms with Crippen LogP contribution in [0, 0.1) is 11.6 Å². The molecule has 0 amide bonds. The highest BCUT2D eigenvalue weighted by molar-refractivity contribution is 5.79. The van der Waals surface area contributed by atoms with Gasteiger partial charge in [-0.25, -0.2) is 13.8 Å². The molecule has 104 valence electrons. The van der Waals surface area contributed by atoms with Crippen LogP contribution in [0.4, 0.5) is 14.7 Å². The van der Waals surface area contributed by atoms with Crippen molar-refractivity contribution < 1.29 is 8.78 Å². The molecule has 0 aliphatic heterocycles. The lowest BCUT2D eigenvalue weighted by atomic mass is 10.2. The first-order valence-corrected chi connectivity index (χ1v) is 6.17. The van der Waals surface area contributed by atoms with Crippen molar-refractivity contribution in [2.75, 3.05) is 26.4 Å². The van der Waals surface area contributed by atoms with Crippen LogP contribution in [0.2, 0.25) is 0 Å². The zero-order valence-electron chi connectivity index (χ0n) is 11.3. The normalized spacial score (nSPS) is 13.4. The molecule has 19 heavy (non-hydrogen) atoms. The molecule has 2 N–H and O–H groups in total. The van der Waals surface area contributed by atoms with E-state index in [1.165, 1.54) is 6.07 Å². The summed E-state index contributed by atoms with van der Waals surface area (Å²) < 4.78 is 28.7. The van der Waals surface area contributed by atoms with E-state index in [1.54, 1.807) is 4.57 Å². The number of nitrogens with two attached hydrogens (primary N) is 1. The average molecular weight is 268 g/mol. The second-order valence-corrected chi connectivity index (χ2v) is 5.04. The molecule has 4 nitrogen and oxygen atoms in total. The molecular formula is C13H18F2N4. The van der Waals surface area contributed by atoms with Gasteiger partial charge in [-0.2, -0.15) is 0 Å². The summed E-state index contributed by atoms with van der Waals surface area (Å²) in [4.78, 5) is 6.04. The first kappa shape index (κ1) is 13.7. The summed E-state index contributed by atoms with van der Waals surface area (Å²) in [6, 6.07) is 2.12. The van der Waals surface area contributed by atoms with Crippen molar-refractivity contribution in [3.05, 3.63) is 23.8 Å². The zero-order chi connectivity index (χ0) is 14.2. The number of nitrogen functional groups attached to an aromatic ring is 1. The molecule has 1 atom stereocenters. The molecule has 1 aromatic heterocycles. The van der Waals surface area contributed by atoms with Crippen molar-refractivity contribution in [3.8, 4) is 0 Å². The van der Waals surface area contributed by atoms with Gasteiger partial charge in [-0.1, -0.05) is 0 Å². The van der Waals surface area contributed by atoms with Gasteiger partial charge >= 0.3 is 0 Å². The third-order valence-corrected chi connectivity index (χ3v) is 3.18. The van der Waals surface area contributed by atoms with Gasteiger partial charge in [-0.05, 0) is 34.0 Å². The molecule has 6 heteroatoms. The maximum Gasteiger partial charge on any atom is 0.201 e. The maximum atomic E-state index is 13.6. The molecule has 0 spiro atoms. The summed E-state index contributed by atoms with van der Waals surface area (Å²) in [7, 11) is 3.95. The summed E-state index contributed by atoms with van der Waals surface area (Å²) in [5, 5.41) is 0. The van der Waals surface area contributed by atoms with Gasteiger partial charge in [0.05, 0.1) is 5.52 Å². The molecule has 0 saturated carbocycles. The number of hydrogen-bond acceptors (Lipinski definition) is 3. The van der Waals surface area contributed by atoms with Crippen LogP contribution in [0.25, 0.3) is 11.0 Å². The highest BCUT2D eigenvalue weighted by Gasteiger charge is 2.17. The van der Waals surface area contributed by atoms with Gasteiger partial charge in [0, 0.05) is 18.2 Å². The fourth-order valence-corrected chi connectivity index (χ4v) is 2.18. The first-order valence-electron chi connectivity index (χ1n) is 6.17. The van der Waals surface area contributed by atoms with Crippen molar-refractivity contribution in [2.24, 2.45) is 0 Å². The molecule has 0 aliphatic carbocycles. The number of rotatable bonds is 4. The Labute approximate surface area is 110 Å². The Morgan fingerprint density at radius 2 is 2.05 bits per heavy atom. The van der Waals surface area contributed by atoms with Gasteiger partial charge in [0.15, 0.2) is 5.82 Å². The van der Waals surface area contributed by atoms with Crippen LogP contribution in [0.3, 0.4) is 0 Å². The first-order chi connectivity index (χ1) is 8.90. The second kappa shape index (κ2) is 5.13. The third kappa shape index (κ3) is 2.68. The van der Waals surface area contributed by atoms with E-state index >= 15 is 0 Å². The van der Waals surface area contributed by atoms with Gasteiger partial charge in [0.25, 0.3) is 0 Å². The molecule has 0 saturated heterocycles. The Morgan fingerprint density at radius 1 is 1.37 bits per heavy atom. The van der Waals surface area contributed by atoms with Gasteiger partial charge in [-0.3, -0.25) is 0 Å². The Kier molecular flexibility index (Phi) is 3.71. The van der Waals surface area contributed by atoms with Crippen LogP contribution in [0.1, 0.15) is 19.4 Å². The third-order valence-electron chi connectivity index (χ3n) is 3.18. The molecule has 1 unspecified atom stereocenters. The largest absolute Gasteiger partial charge is 0.369 e. The minimum Gasteiger partial charge on any atom is -0.369 e. The molecule has 1 heterocycles. The van der Waals surface area contributed by atoms with E-state index in [1.807, 2.05) is 25.9 Å². The van der Waals surface area contributed by atoms with Crippen LogP contribution in [0.5, 0.6) is 0 Å². The standard InChI is InChI=1S/C13H18F2N4/c1-8(4-5-18(2)3)19-11-7-9(14)6-10(15)12(11)17-13(19)16/h6-8H,4-5H2,1-3H3,(H2,16,17). The predicted octanol–water partition coefficient (Wildman–Crippen LogP) is 2.41. The van der Waals surface area contributed by atoms with Crippen molar-refractivity contribution >= 4 is 17.0 Å². The van der Waals surface area contributed by atoms with Crippen LogP contribution in [-0.2, 0) is 0 Å². The summed E-state index contributed by atoms with van der Waals surface area (Å²) in [6.45, 7) is 2.82. The summed E-state index contributed by atoms with van der Waals surface area (Å²) in [6.07, 6.45) is 0.820. The van der Waals surface area contributed by atoms with Gasteiger partial charge < -0.3 is 15.2 Å². The van der Waals surface area contributed by atoms with E-state index in [0.29, 0.717) is 5.52 Å². The molecule has 0 bridgehead atoms. The molecule has 0 radical (unpaired) electrons. The lowest BCUT2D eigenvalue weighted by molar-refractivity contribution is 0.362. The van der Waals surface area contributed by atoms with Crippen molar-refractivity contribution in [1.82, 2.24) is 14.5 Å². The molecule has 2 aromatic rings. The van der Waals surface area contributed by atoms with E-state index in [9.17, 15) is 8.78 Å². The highest BCUT2D eigenvalue weighted by atomic mass is 19.1. The fourth-order valence-electron chi connectivity index (χ4n) is 2.18. The number of halogens is 2. The van der Waals surface area contributed by atoms with Gasteiger partial charge in [0.2, 0.25) is 5.95 Å². The SMILES string of the molecule is CC(CCN(C)C)n1c(N)nc2c(F)cc(F)cc21. The highest BCUT2D eigenvalue weighted by Crippen LogP contribution is 2.27. The van der Waals surface area contributed by atoms with E-state index in [4.69, 9.17) is 5.73 Å². The average Bonchev–Trinajstić information content (AvgIpc) is 2.63. The van der Waals surface area contributed by atoms with Crippen LogP contribution < -0.4 is 5.73 Å². The number of aromatic nitrogens is 2. The van der Waals surface area contributed by atoms with E-state index < -0.39 is 11.6 Å². The van der Waals surface area contributed by atoms with Gasteiger partial charge in [0.1, 0.15) is 11.3 Å². The summed E-state index contributed by atoms with van der Waals surface area (Å²) in [5.74, 6) is -1.09. The molecule has 0 aliphatic rings. The van der Waals surface area contributed by atoms with E-state index in [-0.39, 0.29) is 17.5 Å². The lowest BCUT2D eigenvalue weighted by Crippen LogP contribution is -2.18. The Balaban J connectivity index is 2.44. The number of hydrogen-bond donors (Lipinski definition) is 1. The minimum atomic E-state index is -0.680. The topological polar surface area (TPSA) is 47.1 Å². The molecule has 2 rings (SSSR count). The maximum absolute atomic E-state index is 13.6. The number of anilines is 1. The summed E-state index contributed by atoms with van der Waals surface area (Å²) in [5.41, 5.74) is 6.35. The zero-order valence-corrected chi connectivity index (χ0v) is 11.3. The fraction of sp³-hybridized carbons (Fsp3) is 0.462. The smallest absolute Gasteiger partial charge is 0.201 e. The molecular weight excluding hydrogens is 250 g/mol. The Bertz CT molecular complexity index is 592.